The molecule has 5 rings (SSSR count). The van der Waals surface area contributed by atoms with Crippen molar-refractivity contribution in [1.29, 1.82) is 0 Å². The zero-order valence-corrected chi connectivity index (χ0v) is 21.1. The third kappa shape index (κ3) is 5.23. The maximum atomic E-state index is 13.5. The molecule has 0 unspecified atom stereocenters. The van der Waals surface area contributed by atoms with E-state index in [0.29, 0.717) is 30.8 Å². The summed E-state index contributed by atoms with van der Waals surface area (Å²) in [5, 5.41) is 5.16. The van der Waals surface area contributed by atoms with Crippen molar-refractivity contribution in [3.63, 3.8) is 0 Å². The number of benzene rings is 4. The van der Waals surface area contributed by atoms with Crippen molar-refractivity contribution < 1.29 is 9.59 Å². The second-order valence-electron chi connectivity index (χ2n) is 9.35. The second-order valence-corrected chi connectivity index (χ2v) is 9.35. The molecule has 0 saturated heterocycles. The number of para-hydroxylation sites is 2. The Morgan fingerprint density at radius 3 is 2.38 bits per heavy atom. The van der Waals surface area contributed by atoms with Crippen LogP contribution >= 0.6 is 0 Å². The lowest BCUT2D eigenvalue weighted by Crippen LogP contribution is -2.41. The van der Waals surface area contributed by atoms with Gasteiger partial charge in [0.15, 0.2) is 5.82 Å². The van der Waals surface area contributed by atoms with Gasteiger partial charge >= 0.3 is 0 Å². The molecule has 4 aromatic carbocycles. The van der Waals surface area contributed by atoms with E-state index in [2.05, 4.69) is 22.4 Å². The Bertz CT molecular complexity index is 1560. The first kappa shape index (κ1) is 24.3. The average Bonchev–Trinajstić information content (AvgIpc) is 3.28. The SMILES string of the molecule is CN(C(=O)c1ccc2ccccc2c1)[C@H](CCNC(=O)c1nc2ccccc2n1C)Cc1ccccc1. The van der Waals surface area contributed by atoms with Gasteiger partial charge in [0.25, 0.3) is 11.8 Å². The molecule has 6 nitrogen and oxygen atoms in total. The van der Waals surface area contributed by atoms with Crippen molar-refractivity contribution in [3.8, 4) is 0 Å². The summed E-state index contributed by atoms with van der Waals surface area (Å²) < 4.78 is 1.81. The van der Waals surface area contributed by atoms with E-state index < -0.39 is 0 Å². The van der Waals surface area contributed by atoms with Crippen LogP contribution in [0.5, 0.6) is 0 Å². The molecule has 2 amide bonds. The number of amides is 2. The van der Waals surface area contributed by atoms with Gasteiger partial charge in [-0.2, -0.15) is 0 Å². The van der Waals surface area contributed by atoms with E-state index in [4.69, 9.17) is 0 Å². The highest BCUT2D eigenvalue weighted by atomic mass is 16.2. The summed E-state index contributed by atoms with van der Waals surface area (Å²) in [6, 6.07) is 31.6. The summed E-state index contributed by atoms with van der Waals surface area (Å²) >= 11 is 0. The Hall–Kier alpha value is -4.45. The van der Waals surface area contributed by atoms with Crippen molar-refractivity contribution in [1.82, 2.24) is 19.8 Å². The summed E-state index contributed by atoms with van der Waals surface area (Å²) in [6.07, 6.45) is 1.30. The predicted molar refractivity (Wildman–Crippen MR) is 148 cm³/mol. The largest absolute Gasteiger partial charge is 0.349 e. The number of aromatic nitrogens is 2. The zero-order chi connectivity index (χ0) is 25.8. The summed E-state index contributed by atoms with van der Waals surface area (Å²) in [5.41, 5.74) is 3.50. The highest BCUT2D eigenvalue weighted by Gasteiger charge is 2.23. The second kappa shape index (κ2) is 10.7. The lowest BCUT2D eigenvalue weighted by Gasteiger charge is -2.29. The number of likely N-dealkylation sites (N-methyl/N-ethyl adjacent to an activating group) is 1. The summed E-state index contributed by atoms with van der Waals surface area (Å²) in [7, 11) is 3.69. The fraction of sp³-hybridized carbons (Fsp3) is 0.194. The van der Waals surface area contributed by atoms with Crippen molar-refractivity contribution >= 4 is 33.6 Å². The molecule has 1 heterocycles. The number of rotatable bonds is 8. The first-order valence-electron chi connectivity index (χ1n) is 12.5. The number of hydrogen-bond donors (Lipinski definition) is 1. The molecule has 1 N–H and O–H groups in total. The highest BCUT2D eigenvalue weighted by Crippen LogP contribution is 2.19. The fourth-order valence-electron chi connectivity index (χ4n) is 4.79. The molecule has 0 aliphatic heterocycles. The molecule has 1 atom stereocenters. The topological polar surface area (TPSA) is 67.2 Å². The van der Waals surface area contributed by atoms with Crippen LogP contribution < -0.4 is 5.32 Å². The van der Waals surface area contributed by atoms with Crippen LogP contribution in [-0.4, -0.2) is 45.9 Å². The Balaban J connectivity index is 1.31. The van der Waals surface area contributed by atoms with Crippen LogP contribution in [0.2, 0.25) is 0 Å². The van der Waals surface area contributed by atoms with Crippen molar-refractivity contribution in [2.24, 2.45) is 7.05 Å². The quantitative estimate of drug-likeness (QED) is 0.324. The molecule has 0 fully saturated rings. The number of carbonyl (C=O) groups is 2. The maximum absolute atomic E-state index is 13.5. The molecule has 37 heavy (non-hydrogen) atoms. The summed E-state index contributed by atoms with van der Waals surface area (Å²) in [4.78, 5) is 32.8. The molecular weight excluding hydrogens is 460 g/mol. The van der Waals surface area contributed by atoms with Gasteiger partial charge in [-0.05, 0) is 53.4 Å². The van der Waals surface area contributed by atoms with Crippen LogP contribution in [0.3, 0.4) is 0 Å². The summed E-state index contributed by atoms with van der Waals surface area (Å²) in [5.74, 6) is 0.121. The third-order valence-electron chi connectivity index (χ3n) is 6.93. The molecular formula is C31H30N4O2. The van der Waals surface area contributed by atoms with Gasteiger partial charge in [0.1, 0.15) is 0 Å². The monoisotopic (exact) mass is 490 g/mol. The Morgan fingerprint density at radius 1 is 0.892 bits per heavy atom. The number of hydrogen-bond acceptors (Lipinski definition) is 3. The standard InChI is InChI=1S/C31H30N4O2/c1-34(31(37)25-17-16-23-12-6-7-13-24(23)21-25)26(20-22-10-4-3-5-11-22)18-19-32-30(36)29-33-27-14-8-9-15-28(27)35(29)2/h3-17,21,26H,18-20H2,1-2H3,(H,32,36)/t26-/m1/s1. The van der Waals surface area contributed by atoms with Gasteiger partial charge in [-0.3, -0.25) is 9.59 Å². The first-order chi connectivity index (χ1) is 18.0. The van der Waals surface area contributed by atoms with E-state index in [9.17, 15) is 9.59 Å². The molecule has 0 aliphatic carbocycles. The number of carbonyl (C=O) groups excluding carboxylic acids is 2. The molecule has 6 heteroatoms. The minimum absolute atomic E-state index is 0.0339. The van der Waals surface area contributed by atoms with Crippen molar-refractivity contribution in [2.45, 2.75) is 18.9 Å². The van der Waals surface area contributed by atoms with Crippen LogP contribution in [0.25, 0.3) is 21.8 Å². The van der Waals surface area contributed by atoms with Crippen molar-refractivity contribution in [2.75, 3.05) is 13.6 Å². The Morgan fingerprint density at radius 2 is 1.59 bits per heavy atom. The van der Waals surface area contributed by atoms with E-state index in [1.54, 1.807) is 4.90 Å². The molecule has 5 aromatic rings. The smallest absolute Gasteiger partial charge is 0.287 e. The van der Waals surface area contributed by atoms with Gasteiger partial charge in [0.05, 0.1) is 11.0 Å². The Labute approximate surface area is 216 Å². The highest BCUT2D eigenvalue weighted by molar-refractivity contribution is 5.98. The maximum Gasteiger partial charge on any atom is 0.287 e. The van der Waals surface area contributed by atoms with Gasteiger partial charge in [0.2, 0.25) is 0 Å². The van der Waals surface area contributed by atoms with E-state index in [0.717, 1.165) is 27.4 Å². The van der Waals surface area contributed by atoms with E-state index >= 15 is 0 Å². The van der Waals surface area contributed by atoms with Crippen LogP contribution in [0.4, 0.5) is 0 Å². The minimum atomic E-state index is -0.222. The molecule has 0 radical (unpaired) electrons. The number of aryl methyl sites for hydroxylation is 1. The van der Waals surface area contributed by atoms with Gasteiger partial charge in [-0.25, -0.2) is 4.98 Å². The van der Waals surface area contributed by atoms with Gasteiger partial charge in [-0.1, -0.05) is 72.8 Å². The third-order valence-corrected chi connectivity index (χ3v) is 6.93. The predicted octanol–water partition coefficient (Wildman–Crippen LogP) is 5.23. The van der Waals surface area contributed by atoms with Gasteiger partial charge in [0, 0.05) is 32.2 Å². The number of nitrogens with one attached hydrogen (secondary N) is 1. The zero-order valence-electron chi connectivity index (χ0n) is 21.1. The first-order valence-corrected chi connectivity index (χ1v) is 12.5. The van der Waals surface area contributed by atoms with Crippen molar-refractivity contribution in [3.05, 3.63) is 114 Å². The number of fused-ring (bicyclic) bond motifs is 2. The molecule has 1 aromatic heterocycles. The molecule has 0 bridgehead atoms. The summed E-state index contributed by atoms with van der Waals surface area (Å²) in [6.45, 7) is 0.425. The van der Waals surface area contributed by atoms with E-state index in [-0.39, 0.29) is 17.9 Å². The van der Waals surface area contributed by atoms with Gasteiger partial charge < -0.3 is 14.8 Å². The van der Waals surface area contributed by atoms with Gasteiger partial charge in [-0.15, -0.1) is 0 Å². The minimum Gasteiger partial charge on any atom is -0.349 e. The average molecular weight is 491 g/mol. The van der Waals surface area contributed by atoms with Crippen LogP contribution in [0, 0.1) is 0 Å². The number of imidazole rings is 1. The molecule has 0 aliphatic rings. The van der Waals surface area contributed by atoms with E-state index in [1.807, 2.05) is 104 Å². The lowest BCUT2D eigenvalue weighted by molar-refractivity contribution is 0.0723. The fourth-order valence-corrected chi connectivity index (χ4v) is 4.79. The molecule has 0 saturated carbocycles. The normalized spacial score (nSPS) is 11.9. The Kier molecular flexibility index (Phi) is 6.99. The van der Waals surface area contributed by atoms with Crippen LogP contribution in [0.15, 0.2) is 97.1 Å². The molecule has 0 spiro atoms. The van der Waals surface area contributed by atoms with Crippen LogP contribution in [-0.2, 0) is 13.5 Å². The molecule has 186 valence electrons. The number of nitrogens with zero attached hydrogens (tertiary/aromatic N) is 3. The van der Waals surface area contributed by atoms with Crippen LogP contribution in [0.1, 0.15) is 33.0 Å². The lowest BCUT2D eigenvalue weighted by atomic mass is 10.0. The van der Waals surface area contributed by atoms with E-state index in [1.165, 1.54) is 0 Å².